The van der Waals surface area contributed by atoms with E-state index >= 15 is 0 Å². The van der Waals surface area contributed by atoms with Gasteiger partial charge in [0.05, 0.1) is 17.2 Å². The number of rotatable bonds is 3. The van der Waals surface area contributed by atoms with Crippen LogP contribution in [-0.4, -0.2) is 38.8 Å². The Morgan fingerprint density at radius 1 is 1.58 bits per heavy atom. The van der Waals surface area contributed by atoms with Crippen molar-refractivity contribution < 1.29 is 14.6 Å². The largest absolute Gasteiger partial charge is 0.478 e. The van der Waals surface area contributed by atoms with E-state index in [4.69, 9.17) is 9.84 Å². The van der Waals surface area contributed by atoms with Gasteiger partial charge in [-0.2, -0.15) is 0 Å². The van der Waals surface area contributed by atoms with E-state index in [0.29, 0.717) is 12.5 Å². The molecule has 19 heavy (non-hydrogen) atoms. The van der Waals surface area contributed by atoms with E-state index in [-0.39, 0.29) is 11.7 Å². The van der Waals surface area contributed by atoms with Gasteiger partial charge in [0.15, 0.2) is 0 Å². The SMILES string of the molecule is CC1OCCC1Cn1nnc2ccc(C(=O)O)cc21. The third kappa shape index (κ3) is 2.19. The first-order valence-electron chi connectivity index (χ1n) is 6.33. The molecule has 1 aliphatic heterocycles. The van der Waals surface area contributed by atoms with E-state index in [9.17, 15) is 4.79 Å². The van der Waals surface area contributed by atoms with Gasteiger partial charge in [-0.15, -0.1) is 5.10 Å². The van der Waals surface area contributed by atoms with Crippen LogP contribution >= 0.6 is 0 Å². The highest BCUT2D eigenvalue weighted by Gasteiger charge is 2.25. The van der Waals surface area contributed by atoms with Crippen LogP contribution in [0.5, 0.6) is 0 Å². The maximum atomic E-state index is 11.0. The molecule has 2 aromatic rings. The summed E-state index contributed by atoms with van der Waals surface area (Å²) in [5, 5.41) is 17.2. The molecular formula is C13H15N3O3. The predicted octanol–water partition coefficient (Wildman–Crippen LogP) is 1.55. The van der Waals surface area contributed by atoms with E-state index in [2.05, 4.69) is 17.2 Å². The molecule has 1 N–H and O–H groups in total. The van der Waals surface area contributed by atoms with Gasteiger partial charge in [-0.1, -0.05) is 5.21 Å². The summed E-state index contributed by atoms with van der Waals surface area (Å²) in [6, 6.07) is 4.86. The van der Waals surface area contributed by atoms with E-state index in [1.54, 1.807) is 22.9 Å². The number of fused-ring (bicyclic) bond motifs is 1. The lowest BCUT2D eigenvalue weighted by Crippen LogP contribution is -2.18. The van der Waals surface area contributed by atoms with Gasteiger partial charge >= 0.3 is 5.97 Å². The van der Waals surface area contributed by atoms with Gasteiger partial charge in [0, 0.05) is 19.1 Å². The fourth-order valence-corrected chi connectivity index (χ4v) is 2.47. The molecule has 6 heteroatoms. The van der Waals surface area contributed by atoms with Crippen molar-refractivity contribution in [2.45, 2.75) is 26.0 Å². The lowest BCUT2D eigenvalue weighted by Gasteiger charge is -2.13. The second kappa shape index (κ2) is 4.62. The Morgan fingerprint density at radius 2 is 2.42 bits per heavy atom. The summed E-state index contributed by atoms with van der Waals surface area (Å²) in [5.74, 6) is -0.536. The number of benzene rings is 1. The van der Waals surface area contributed by atoms with Gasteiger partial charge in [-0.25, -0.2) is 9.48 Å². The highest BCUT2D eigenvalue weighted by molar-refractivity contribution is 5.92. The standard InChI is InChI=1S/C13H15N3O3/c1-8-10(4-5-19-8)7-16-12-6-9(13(17)18)2-3-11(12)14-15-16/h2-3,6,8,10H,4-5,7H2,1H3,(H,17,18). The molecule has 3 rings (SSSR count). The van der Waals surface area contributed by atoms with E-state index in [1.165, 1.54) is 0 Å². The Balaban J connectivity index is 1.94. The number of aromatic nitrogens is 3. The lowest BCUT2D eigenvalue weighted by molar-refractivity contribution is 0.0697. The maximum absolute atomic E-state index is 11.0. The zero-order valence-corrected chi connectivity index (χ0v) is 10.6. The van der Waals surface area contributed by atoms with Gasteiger partial charge < -0.3 is 9.84 Å². The first-order chi connectivity index (χ1) is 9.15. The summed E-state index contributed by atoms with van der Waals surface area (Å²) in [4.78, 5) is 11.0. The zero-order valence-electron chi connectivity index (χ0n) is 10.6. The van der Waals surface area contributed by atoms with E-state index in [1.807, 2.05) is 0 Å². The number of carbonyl (C=O) groups is 1. The van der Waals surface area contributed by atoms with Crippen molar-refractivity contribution in [2.75, 3.05) is 6.61 Å². The third-order valence-corrected chi connectivity index (χ3v) is 3.70. The average Bonchev–Trinajstić information content (AvgIpc) is 2.97. The Bertz CT molecular complexity index is 623. The molecule has 2 atom stereocenters. The van der Waals surface area contributed by atoms with Crippen LogP contribution in [0, 0.1) is 5.92 Å². The van der Waals surface area contributed by atoms with Crippen LogP contribution in [0.25, 0.3) is 11.0 Å². The van der Waals surface area contributed by atoms with Crippen LogP contribution in [0.15, 0.2) is 18.2 Å². The van der Waals surface area contributed by atoms with Gasteiger partial charge in [0.1, 0.15) is 5.52 Å². The molecule has 0 bridgehead atoms. The molecule has 0 saturated carbocycles. The number of ether oxygens (including phenoxy) is 1. The molecule has 1 fully saturated rings. The van der Waals surface area contributed by atoms with Crippen molar-refractivity contribution in [1.29, 1.82) is 0 Å². The molecule has 0 spiro atoms. The Morgan fingerprint density at radius 3 is 3.11 bits per heavy atom. The average molecular weight is 261 g/mol. The van der Waals surface area contributed by atoms with E-state index in [0.717, 1.165) is 24.1 Å². The summed E-state index contributed by atoms with van der Waals surface area (Å²) in [6.07, 6.45) is 1.21. The molecule has 1 aromatic carbocycles. The number of carboxylic acids is 1. The second-order valence-corrected chi connectivity index (χ2v) is 4.90. The van der Waals surface area contributed by atoms with E-state index < -0.39 is 5.97 Å². The molecule has 1 aliphatic rings. The van der Waals surface area contributed by atoms with Crippen molar-refractivity contribution in [3.63, 3.8) is 0 Å². The first-order valence-corrected chi connectivity index (χ1v) is 6.33. The number of aromatic carboxylic acids is 1. The van der Waals surface area contributed by atoms with Crippen molar-refractivity contribution in [1.82, 2.24) is 15.0 Å². The molecule has 1 aromatic heterocycles. The molecule has 2 heterocycles. The Kier molecular flexibility index (Phi) is 2.94. The lowest BCUT2D eigenvalue weighted by atomic mass is 10.0. The van der Waals surface area contributed by atoms with Crippen molar-refractivity contribution in [2.24, 2.45) is 5.92 Å². The highest BCUT2D eigenvalue weighted by Crippen LogP contribution is 2.23. The fraction of sp³-hybridized carbons (Fsp3) is 0.462. The van der Waals surface area contributed by atoms with Gasteiger partial charge in [0.25, 0.3) is 0 Å². The van der Waals surface area contributed by atoms with Crippen LogP contribution in [-0.2, 0) is 11.3 Å². The van der Waals surface area contributed by atoms with Crippen LogP contribution in [0.4, 0.5) is 0 Å². The molecule has 1 saturated heterocycles. The number of hydrogen-bond acceptors (Lipinski definition) is 4. The quantitative estimate of drug-likeness (QED) is 0.907. The molecule has 6 nitrogen and oxygen atoms in total. The Hall–Kier alpha value is -1.95. The predicted molar refractivity (Wildman–Crippen MR) is 68.0 cm³/mol. The maximum Gasteiger partial charge on any atom is 0.335 e. The first kappa shape index (κ1) is 12.1. The minimum absolute atomic E-state index is 0.210. The summed E-state index contributed by atoms with van der Waals surface area (Å²) < 4.78 is 7.31. The Labute approximate surface area is 110 Å². The van der Waals surface area contributed by atoms with Crippen LogP contribution in [0.2, 0.25) is 0 Å². The fourth-order valence-electron chi connectivity index (χ4n) is 2.47. The highest BCUT2D eigenvalue weighted by atomic mass is 16.5. The molecular weight excluding hydrogens is 246 g/mol. The minimum atomic E-state index is -0.938. The molecule has 2 unspecified atom stereocenters. The van der Waals surface area contributed by atoms with Crippen LogP contribution in [0.1, 0.15) is 23.7 Å². The molecule has 0 amide bonds. The smallest absolute Gasteiger partial charge is 0.335 e. The third-order valence-electron chi connectivity index (χ3n) is 3.70. The van der Waals surface area contributed by atoms with Crippen molar-refractivity contribution in [3.05, 3.63) is 23.8 Å². The summed E-state index contributed by atoms with van der Waals surface area (Å²) in [6.45, 7) is 3.54. The van der Waals surface area contributed by atoms with Crippen molar-refractivity contribution in [3.8, 4) is 0 Å². The molecule has 0 radical (unpaired) electrons. The van der Waals surface area contributed by atoms with Gasteiger partial charge in [-0.3, -0.25) is 0 Å². The number of nitrogens with zero attached hydrogens (tertiary/aromatic N) is 3. The van der Waals surface area contributed by atoms with Gasteiger partial charge in [-0.05, 0) is 31.5 Å². The zero-order chi connectivity index (χ0) is 13.4. The number of carboxylic acid groups (broad SMARTS) is 1. The topological polar surface area (TPSA) is 77.2 Å². The van der Waals surface area contributed by atoms with Crippen LogP contribution in [0.3, 0.4) is 0 Å². The monoisotopic (exact) mass is 261 g/mol. The summed E-state index contributed by atoms with van der Waals surface area (Å²) >= 11 is 0. The summed E-state index contributed by atoms with van der Waals surface area (Å²) in [5.41, 5.74) is 1.74. The van der Waals surface area contributed by atoms with Gasteiger partial charge in [0.2, 0.25) is 0 Å². The van der Waals surface area contributed by atoms with Crippen molar-refractivity contribution >= 4 is 17.0 Å². The second-order valence-electron chi connectivity index (χ2n) is 4.90. The normalized spacial score (nSPS) is 23.0. The molecule has 0 aliphatic carbocycles. The minimum Gasteiger partial charge on any atom is -0.478 e. The molecule has 100 valence electrons. The number of hydrogen-bond donors (Lipinski definition) is 1. The summed E-state index contributed by atoms with van der Waals surface area (Å²) in [7, 11) is 0. The van der Waals surface area contributed by atoms with Crippen LogP contribution < -0.4 is 0 Å².